The van der Waals surface area contributed by atoms with Crippen molar-refractivity contribution in [1.29, 1.82) is 0 Å². The molecule has 0 aliphatic heterocycles. The molecule has 0 radical (unpaired) electrons. The summed E-state index contributed by atoms with van der Waals surface area (Å²) in [6, 6.07) is 4.27. The monoisotopic (exact) mass is 268 g/mol. The molecule has 1 amide bonds. The smallest absolute Gasteiger partial charge is 0.238 e. The van der Waals surface area contributed by atoms with Crippen molar-refractivity contribution in [3.63, 3.8) is 0 Å². The first kappa shape index (κ1) is 15.6. The number of rotatable bonds is 5. The lowest BCUT2D eigenvalue weighted by Gasteiger charge is -2.33. The molecule has 0 bridgehead atoms. The molecule has 1 rings (SSSR count). The number of aliphatic hydroxyl groups excluding tert-OH is 1. The largest absolute Gasteiger partial charge is 0.394 e. The van der Waals surface area contributed by atoms with E-state index < -0.39 is 5.54 Å². The Morgan fingerprint density at radius 2 is 2.11 bits per heavy atom. The van der Waals surface area contributed by atoms with Gasteiger partial charge in [0.2, 0.25) is 5.91 Å². The van der Waals surface area contributed by atoms with E-state index in [1.807, 2.05) is 13.8 Å². The van der Waals surface area contributed by atoms with Crippen molar-refractivity contribution < 1.29 is 14.3 Å². The molecule has 0 fully saturated rings. The molecule has 19 heavy (non-hydrogen) atoms. The second kappa shape index (κ2) is 6.12. The van der Waals surface area contributed by atoms with E-state index in [4.69, 9.17) is 0 Å². The Hall–Kier alpha value is -1.46. The molecular weight excluding hydrogens is 247 g/mol. The Morgan fingerprint density at radius 3 is 2.68 bits per heavy atom. The van der Waals surface area contributed by atoms with Crippen molar-refractivity contribution in [3.8, 4) is 0 Å². The second-order valence-electron chi connectivity index (χ2n) is 5.33. The van der Waals surface area contributed by atoms with Crippen LogP contribution in [0, 0.1) is 12.7 Å². The number of aliphatic hydroxyl groups is 1. The number of hydrogen-bond acceptors (Lipinski definition) is 3. The molecule has 106 valence electrons. The maximum Gasteiger partial charge on any atom is 0.238 e. The van der Waals surface area contributed by atoms with Crippen LogP contribution in [-0.2, 0) is 4.79 Å². The van der Waals surface area contributed by atoms with Crippen molar-refractivity contribution >= 4 is 11.6 Å². The summed E-state index contributed by atoms with van der Waals surface area (Å²) in [7, 11) is 1.76. The van der Waals surface area contributed by atoms with Crippen LogP contribution in [0.5, 0.6) is 0 Å². The Morgan fingerprint density at radius 1 is 1.47 bits per heavy atom. The molecule has 1 aromatic carbocycles. The first-order valence-corrected chi connectivity index (χ1v) is 6.14. The van der Waals surface area contributed by atoms with E-state index in [0.717, 1.165) is 5.56 Å². The van der Waals surface area contributed by atoms with E-state index in [9.17, 15) is 14.3 Å². The third-order valence-corrected chi connectivity index (χ3v) is 3.27. The zero-order valence-electron chi connectivity index (χ0n) is 11.8. The van der Waals surface area contributed by atoms with Crippen LogP contribution in [0.2, 0.25) is 0 Å². The van der Waals surface area contributed by atoms with Gasteiger partial charge in [-0.2, -0.15) is 0 Å². The van der Waals surface area contributed by atoms with E-state index in [1.165, 1.54) is 12.1 Å². The minimum absolute atomic E-state index is 0.0459. The fourth-order valence-electron chi connectivity index (χ4n) is 1.47. The molecule has 5 heteroatoms. The van der Waals surface area contributed by atoms with E-state index in [1.54, 1.807) is 24.9 Å². The van der Waals surface area contributed by atoms with E-state index in [2.05, 4.69) is 5.32 Å². The molecule has 4 nitrogen and oxygen atoms in total. The first-order valence-electron chi connectivity index (χ1n) is 6.14. The van der Waals surface area contributed by atoms with Gasteiger partial charge in [0.05, 0.1) is 13.2 Å². The number of amides is 1. The lowest BCUT2D eigenvalue weighted by atomic mass is 10.1. The van der Waals surface area contributed by atoms with Crippen LogP contribution in [-0.4, -0.2) is 41.7 Å². The Balaban J connectivity index is 2.68. The maximum atomic E-state index is 13.1. The molecule has 0 aliphatic rings. The van der Waals surface area contributed by atoms with Gasteiger partial charge in [-0.3, -0.25) is 9.69 Å². The fourth-order valence-corrected chi connectivity index (χ4v) is 1.47. The molecule has 0 aliphatic carbocycles. The van der Waals surface area contributed by atoms with Gasteiger partial charge in [-0.15, -0.1) is 0 Å². The molecule has 0 saturated heterocycles. The average Bonchev–Trinajstić information content (AvgIpc) is 2.33. The molecule has 0 unspecified atom stereocenters. The molecule has 2 N–H and O–H groups in total. The summed E-state index contributed by atoms with van der Waals surface area (Å²) in [5.74, 6) is -0.623. The van der Waals surface area contributed by atoms with Crippen LogP contribution >= 0.6 is 0 Å². The number of aryl methyl sites for hydroxylation is 1. The molecule has 0 heterocycles. The zero-order valence-corrected chi connectivity index (χ0v) is 11.8. The van der Waals surface area contributed by atoms with Gasteiger partial charge >= 0.3 is 0 Å². The van der Waals surface area contributed by atoms with Gasteiger partial charge in [0, 0.05) is 11.2 Å². The maximum absolute atomic E-state index is 13.1. The minimum Gasteiger partial charge on any atom is -0.394 e. The topological polar surface area (TPSA) is 52.6 Å². The van der Waals surface area contributed by atoms with Crippen LogP contribution in [0.3, 0.4) is 0 Å². The molecule has 0 atom stereocenters. The van der Waals surface area contributed by atoms with Gasteiger partial charge in [-0.05, 0) is 45.5 Å². The van der Waals surface area contributed by atoms with E-state index in [0.29, 0.717) is 5.69 Å². The third kappa shape index (κ3) is 4.29. The predicted molar refractivity (Wildman–Crippen MR) is 73.6 cm³/mol. The number of carbonyl (C=O) groups excluding carboxylic acids is 1. The van der Waals surface area contributed by atoms with Crippen molar-refractivity contribution in [2.75, 3.05) is 25.5 Å². The van der Waals surface area contributed by atoms with Crippen LogP contribution in [0.1, 0.15) is 19.4 Å². The lowest BCUT2D eigenvalue weighted by molar-refractivity contribution is -0.118. The van der Waals surface area contributed by atoms with Crippen molar-refractivity contribution in [2.45, 2.75) is 26.3 Å². The number of nitrogens with one attached hydrogen (secondary N) is 1. The van der Waals surface area contributed by atoms with Crippen molar-refractivity contribution in [2.24, 2.45) is 0 Å². The first-order chi connectivity index (χ1) is 8.76. The van der Waals surface area contributed by atoms with Crippen LogP contribution < -0.4 is 5.32 Å². The van der Waals surface area contributed by atoms with Crippen molar-refractivity contribution in [1.82, 2.24) is 4.90 Å². The van der Waals surface area contributed by atoms with E-state index >= 15 is 0 Å². The SMILES string of the molecule is Cc1ccc(F)cc1NC(=O)CN(C)C(C)(C)CO. The Kier molecular flexibility index (Phi) is 5.03. The van der Waals surface area contributed by atoms with Crippen LogP contribution in [0.4, 0.5) is 10.1 Å². The molecule has 0 spiro atoms. The number of likely N-dealkylation sites (N-methyl/N-ethyl adjacent to an activating group) is 1. The standard InChI is InChI=1S/C14H21FN2O2/c1-10-5-6-11(15)7-12(10)16-13(19)8-17(4)14(2,3)9-18/h5-7,18H,8-9H2,1-4H3,(H,16,19). The lowest BCUT2D eigenvalue weighted by Crippen LogP contribution is -2.47. The summed E-state index contributed by atoms with van der Waals surface area (Å²) in [5.41, 5.74) is 0.799. The average molecular weight is 268 g/mol. The summed E-state index contributed by atoms with van der Waals surface area (Å²) >= 11 is 0. The summed E-state index contributed by atoms with van der Waals surface area (Å²) in [6.07, 6.45) is 0. The second-order valence-corrected chi connectivity index (χ2v) is 5.33. The third-order valence-electron chi connectivity index (χ3n) is 3.27. The van der Waals surface area contributed by atoms with Gasteiger partial charge in [-0.25, -0.2) is 4.39 Å². The Labute approximate surface area is 113 Å². The van der Waals surface area contributed by atoms with Gasteiger partial charge in [0.25, 0.3) is 0 Å². The zero-order chi connectivity index (χ0) is 14.6. The number of anilines is 1. The van der Waals surface area contributed by atoms with Crippen molar-refractivity contribution in [3.05, 3.63) is 29.6 Å². The van der Waals surface area contributed by atoms with Gasteiger partial charge in [0.1, 0.15) is 5.82 Å². The van der Waals surface area contributed by atoms with Crippen LogP contribution in [0.15, 0.2) is 18.2 Å². The molecule has 0 aromatic heterocycles. The number of nitrogens with zero attached hydrogens (tertiary/aromatic N) is 1. The quantitative estimate of drug-likeness (QED) is 0.856. The van der Waals surface area contributed by atoms with Gasteiger partial charge in [0.15, 0.2) is 0 Å². The number of carbonyl (C=O) groups is 1. The molecular formula is C14H21FN2O2. The number of hydrogen-bond donors (Lipinski definition) is 2. The molecule has 0 saturated carbocycles. The summed E-state index contributed by atoms with van der Waals surface area (Å²) in [6.45, 7) is 5.57. The van der Waals surface area contributed by atoms with Crippen LogP contribution in [0.25, 0.3) is 0 Å². The normalized spacial score (nSPS) is 11.7. The summed E-state index contributed by atoms with van der Waals surface area (Å²) < 4.78 is 13.1. The highest BCUT2D eigenvalue weighted by atomic mass is 19.1. The minimum atomic E-state index is -0.478. The fraction of sp³-hybridized carbons (Fsp3) is 0.500. The molecule has 1 aromatic rings. The number of benzene rings is 1. The Bertz CT molecular complexity index is 461. The highest BCUT2D eigenvalue weighted by Gasteiger charge is 2.24. The van der Waals surface area contributed by atoms with E-state index in [-0.39, 0.29) is 24.9 Å². The summed E-state index contributed by atoms with van der Waals surface area (Å²) in [4.78, 5) is 13.6. The van der Waals surface area contributed by atoms with Gasteiger partial charge in [-0.1, -0.05) is 6.07 Å². The van der Waals surface area contributed by atoms with Gasteiger partial charge < -0.3 is 10.4 Å². The summed E-state index contributed by atoms with van der Waals surface area (Å²) in [5, 5.41) is 11.9. The highest BCUT2D eigenvalue weighted by Crippen LogP contribution is 2.16. The highest BCUT2D eigenvalue weighted by molar-refractivity contribution is 5.93. The number of halogens is 1. The predicted octanol–water partition coefficient (Wildman–Crippen LogP) is 1.78.